The van der Waals surface area contributed by atoms with Crippen LogP contribution >= 0.6 is 0 Å². The first kappa shape index (κ1) is 15.9. The topological polar surface area (TPSA) is 87.0 Å². The fourth-order valence-corrected chi connectivity index (χ4v) is 2.61. The summed E-state index contributed by atoms with van der Waals surface area (Å²) in [6.07, 6.45) is 1.02. The van der Waals surface area contributed by atoms with Crippen LogP contribution in [0.1, 0.15) is 11.1 Å². The second-order valence-corrected chi connectivity index (χ2v) is 5.59. The third-order valence-electron chi connectivity index (χ3n) is 3.82. The number of aromatic amines is 2. The Hall–Kier alpha value is -3.02. The minimum absolute atomic E-state index is 0.0462. The Morgan fingerprint density at radius 2 is 1.92 bits per heavy atom. The molecule has 1 heterocycles. The quantitative estimate of drug-likeness (QED) is 0.645. The molecule has 0 spiro atoms. The SMILES string of the molecule is COc1cccc(CCNC(=O)Cc2ccc3[nH]c(=O)[nH]c3c2)c1. The Balaban J connectivity index is 1.53. The van der Waals surface area contributed by atoms with E-state index in [9.17, 15) is 9.59 Å². The average Bonchev–Trinajstić information content (AvgIpc) is 2.94. The van der Waals surface area contributed by atoms with E-state index in [0.29, 0.717) is 12.1 Å². The third-order valence-corrected chi connectivity index (χ3v) is 3.82. The van der Waals surface area contributed by atoms with Gasteiger partial charge in [-0.2, -0.15) is 0 Å². The summed E-state index contributed by atoms with van der Waals surface area (Å²) in [6.45, 7) is 0.565. The number of benzene rings is 2. The fraction of sp³-hybridized carbons (Fsp3) is 0.222. The highest BCUT2D eigenvalue weighted by atomic mass is 16.5. The number of ether oxygens (including phenoxy) is 1. The number of fused-ring (bicyclic) bond motifs is 1. The lowest BCUT2D eigenvalue weighted by Gasteiger charge is -2.07. The number of aromatic nitrogens is 2. The molecule has 1 aromatic heterocycles. The van der Waals surface area contributed by atoms with Crippen LogP contribution in [0.25, 0.3) is 11.0 Å². The van der Waals surface area contributed by atoms with Crippen LogP contribution in [0.2, 0.25) is 0 Å². The predicted molar refractivity (Wildman–Crippen MR) is 92.3 cm³/mol. The van der Waals surface area contributed by atoms with Crippen LogP contribution < -0.4 is 15.7 Å². The van der Waals surface area contributed by atoms with Gasteiger partial charge in [0.25, 0.3) is 0 Å². The first-order valence-corrected chi connectivity index (χ1v) is 7.74. The van der Waals surface area contributed by atoms with E-state index in [4.69, 9.17) is 4.74 Å². The zero-order valence-electron chi connectivity index (χ0n) is 13.4. The van der Waals surface area contributed by atoms with Gasteiger partial charge in [0, 0.05) is 6.54 Å². The van der Waals surface area contributed by atoms with Crippen LogP contribution in [-0.4, -0.2) is 29.5 Å². The van der Waals surface area contributed by atoms with Gasteiger partial charge in [-0.15, -0.1) is 0 Å². The second kappa shape index (κ2) is 7.04. The van der Waals surface area contributed by atoms with Gasteiger partial charge in [-0.1, -0.05) is 18.2 Å². The number of hydrogen-bond acceptors (Lipinski definition) is 3. The third kappa shape index (κ3) is 3.84. The van der Waals surface area contributed by atoms with E-state index < -0.39 is 0 Å². The summed E-state index contributed by atoms with van der Waals surface area (Å²) in [5.74, 6) is 0.766. The Bertz CT molecular complexity index is 911. The molecular formula is C18H19N3O3. The van der Waals surface area contributed by atoms with Gasteiger partial charge >= 0.3 is 5.69 Å². The molecule has 0 saturated carbocycles. The van der Waals surface area contributed by atoms with Gasteiger partial charge in [0.05, 0.1) is 24.6 Å². The molecule has 6 nitrogen and oxygen atoms in total. The van der Waals surface area contributed by atoms with Crippen LogP contribution in [0.3, 0.4) is 0 Å². The van der Waals surface area contributed by atoms with Crippen molar-refractivity contribution in [3.05, 3.63) is 64.1 Å². The van der Waals surface area contributed by atoms with Gasteiger partial charge in [0.2, 0.25) is 5.91 Å². The van der Waals surface area contributed by atoms with Gasteiger partial charge in [-0.05, 0) is 41.8 Å². The van der Waals surface area contributed by atoms with E-state index in [1.807, 2.05) is 36.4 Å². The predicted octanol–water partition coefficient (Wildman–Crippen LogP) is 1.77. The molecule has 0 bridgehead atoms. The molecule has 2 aromatic carbocycles. The number of carbonyl (C=O) groups is 1. The van der Waals surface area contributed by atoms with Crippen LogP contribution in [-0.2, 0) is 17.6 Å². The summed E-state index contributed by atoms with van der Waals surface area (Å²) in [7, 11) is 1.63. The maximum absolute atomic E-state index is 12.1. The van der Waals surface area contributed by atoms with E-state index in [-0.39, 0.29) is 18.0 Å². The van der Waals surface area contributed by atoms with Crippen molar-refractivity contribution in [3.63, 3.8) is 0 Å². The van der Waals surface area contributed by atoms with E-state index in [1.165, 1.54) is 0 Å². The summed E-state index contributed by atoms with van der Waals surface area (Å²) in [5, 5.41) is 2.91. The summed E-state index contributed by atoms with van der Waals surface area (Å²) in [5.41, 5.74) is 3.17. The van der Waals surface area contributed by atoms with Crippen molar-refractivity contribution in [1.82, 2.24) is 15.3 Å². The average molecular weight is 325 g/mol. The highest BCUT2D eigenvalue weighted by molar-refractivity contribution is 5.81. The number of hydrogen-bond donors (Lipinski definition) is 3. The Morgan fingerprint density at radius 1 is 1.08 bits per heavy atom. The number of amides is 1. The van der Waals surface area contributed by atoms with Crippen LogP contribution in [0.5, 0.6) is 5.75 Å². The molecule has 1 amide bonds. The number of nitrogens with one attached hydrogen (secondary N) is 3. The lowest BCUT2D eigenvalue weighted by molar-refractivity contribution is -0.120. The van der Waals surface area contributed by atoms with Gasteiger partial charge in [0.15, 0.2) is 0 Å². The minimum atomic E-state index is -0.245. The molecule has 24 heavy (non-hydrogen) atoms. The molecule has 0 fully saturated rings. The first-order valence-electron chi connectivity index (χ1n) is 7.74. The van der Waals surface area contributed by atoms with Crippen molar-refractivity contribution < 1.29 is 9.53 Å². The minimum Gasteiger partial charge on any atom is -0.497 e. The smallest absolute Gasteiger partial charge is 0.323 e. The lowest BCUT2D eigenvalue weighted by atomic mass is 10.1. The first-order chi connectivity index (χ1) is 11.6. The largest absolute Gasteiger partial charge is 0.497 e. The monoisotopic (exact) mass is 325 g/mol. The van der Waals surface area contributed by atoms with Crippen molar-refractivity contribution in [2.75, 3.05) is 13.7 Å². The van der Waals surface area contributed by atoms with Crippen LogP contribution in [0.4, 0.5) is 0 Å². The molecule has 3 aromatic rings. The molecule has 0 radical (unpaired) electrons. The Morgan fingerprint density at radius 3 is 2.75 bits per heavy atom. The molecule has 0 aliphatic rings. The summed E-state index contributed by atoms with van der Waals surface area (Å²) in [6, 6.07) is 13.2. The van der Waals surface area contributed by atoms with Crippen molar-refractivity contribution in [3.8, 4) is 5.75 Å². The standard InChI is InChI=1S/C18H19N3O3/c1-24-14-4-2-3-12(9-14)7-8-19-17(22)11-13-5-6-15-16(10-13)21-18(23)20-15/h2-6,9-10H,7-8,11H2,1H3,(H,19,22)(H2,20,21,23). The van der Waals surface area contributed by atoms with Crippen molar-refractivity contribution in [1.29, 1.82) is 0 Å². The molecule has 0 atom stereocenters. The molecule has 3 rings (SSSR count). The van der Waals surface area contributed by atoms with Gasteiger partial charge in [-0.25, -0.2) is 4.79 Å². The second-order valence-electron chi connectivity index (χ2n) is 5.59. The van der Waals surface area contributed by atoms with Crippen LogP contribution in [0, 0.1) is 0 Å². The van der Waals surface area contributed by atoms with Gasteiger partial charge in [0.1, 0.15) is 5.75 Å². The van der Waals surface area contributed by atoms with Crippen LogP contribution in [0.15, 0.2) is 47.3 Å². The Kier molecular flexibility index (Phi) is 4.65. The van der Waals surface area contributed by atoms with Gasteiger partial charge in [-0.3, -0.25) is 4.79 Å². The maximum atomic E-state index is 12.1. The lowest BCUT2D eigenvalue weighted by Crippen LogP contribution is -2.27. The molecule has 0 aliphatic carbocycles. The van der Waals surface area contributed by atoms with E-state index in [1.54, 1.807) is 13.2 Å². The van der Waals surface area contributed by atoms with Crippen molar-refractivity contribution >= 4 is 16.9 Å². The fourth-order valence-electron chi connectivity index (χ4n) is 2.61. The van der Waals surface area contributed by atoms with E-state index >= 15 is 0 Å². The summed E-state index contributed by atoms with van der Waals surface area (Å²) < 4.78 is 5.18. The molecular weight excluding hydrogens is 306 g/mol. The summed E-state index contributed by atoms with van der Waals surface area (Å²) in [4.78, 5) is 28.7. The molecule has 0 unspecified atom stereocenters. The molecule has 6 heteroatoms. The normalized spacial score (nSPS) is 10.7. The van der Waals surface area contributed by atoms with Crippen molar-refractivity contribution in [2.45, 2.75) is 12.8 Å². The highest BCUT2D eigenvalue weighted by Crippen LogP contribution is 2.13. The molecule has 0 saturated heterocycles. The van der Waals surface area contributed by atoms with E-state index in [2.05, 4.69) is 15.3 Å². The number of H-pyrrole nitrogens is 2. The molecule has 3 N–H and O–H groups in total. The molecule has 124 valence electrons. The van der Waals surface area contributed by atoms with Gasteiger partial charge < -0.3 is 20.0 Å². The zero-order chi connectivity index (χ0) is 16.9. The number of rotatable bonds is 6. The number of imidazole rings is 1. The maximum Gasteiger partial charge on any atom is 0.323 e. The Labute approximate surface area is 138 Å². The number of carbonyl (C=O) groups excluding carboxylic acids is 1. The van der Waals surface area contributed by atoms with Crippen molar-refractivity contribution in [2.24, 2.45) is 0 Å². The zero-order valence-corrected chi connectivity index (χ0v) is 13.4. The molecule has 0 aliphatic heterocycles. The summed E-state index contributed by atoms with van der Waals surface area (Å²) >= 11 is 0. The number of methoxy groups -OCH3 is 1. The highest BCUT2D eigenvalue weighted by Gasteiger charge is 2.06. The van der Waals surface area contributed by atoms with E-state index in [0.717, 1.165) is 28.8 Å².